The standard InChI is InChI=1S/C40H68O5/c1-3-5-7-9-11-13-15-17-19-20-21-23-25-27-29-31-33-35-40(43)45-38(36-41)37-44-39(42)34-32-30-28-26-24-22-18-16-14-12-10-8-6-4-2/h11,13,16-19,21,23,27,29,38,41H,3-10,12,14-15,20,22,24-26,28,30-37H2,1-2H3/b13-11+,18-16+,19-17+,23-21+,29-27+/t38-/m0/s1. The van der Waals surface area contributed by atoms with Crippen molar-refractivity contribution in [2.75, 3.05) is 13.2 Å². The molecule has 0 aliphatic rings. The molecule has 0 amide bonds. The summed E-state index contributed by atoms with van der Waals surface area (Å²) in [5.41, 5.74) is 0. The number of unbranched alkanes of at least 4 members (excludes halogenated alkanes) is 14. The summed E-state index contributed by atoms with van der Waals surface area (Å²) in [6.07, 6.45) is 45.6. The molecule has 45 heavy (non-hydrogen) atoms. The van der Waals surface area contributed by atoms with Crippen LogP contribution >= 0.6 is 0 Å². The third kappa shape index (κ3) is 34.3. The molecule has 0 aromatic rings. The van der Waals surface area contributed by atoms with Gasteiger partial charge in [0.1, 0.15) is 6.61 Å². The molecule has 0 rings (SSSR count). The maximum Gasteiger partial charge on any atom is 0.306 e. The number of hydrogen-bond acceptors (Lipinski definition) is 5. The third-order valence-corrected chi connectivity index (χ3v) is 7.53. The van der Waals surface area contributed by atoms with Crippen molar-refractivity contribution in [2.24, 2.45) is 0 Å². The van der Waals surface area contributed by atoms with Crippen LogP contribution in [0, 0.1) is 0 Å². The van der Waals surface area contributed by atoms with E-state index in [0.29, 0.717) is 12.8 Å². The first-order chi connectivity index (χ1) is 22.1. The zero-order chi connectivity index (χ0) is 32.9. The minimum Gasteiger partial charge on any atom is -0.462 e. The third-order valence-electron chi connectivity index (χ3n) is 7.53. The molecule has 0 bridgehead atoms. The van der Waals surface area contributed by atoms with Crippen LogP contribution in [0.5, 0.6) is 0 Å². The Labute approximate surface area is 277 Å². The molecule has 1 atom stereocenters. The van der Waals surface area contributed by atoms with Gasteiger partial charge >= 0.3 is 11.9 Å². The molecular weight excluding hydrogens is 560 g/mol. The van der Waals surface area contributed by atoms with Gasteiger partial charge in [0.2, 0.25) is 0 Å². The first-order valence-corrected chi connectivity index (χ1v) is 18.3. The average Bonchev–Trinajstić information content (AvgIpc) is 3.04. The molecule has 0 saturated carbocycles. The first kappa shape index (κ1) is 42.6. The lowest BCUT2D eigenvalue weighted by Crippen LogP contribution is -2.28. The number of ether oxygens (including phenoxy) is 2. The molecule has 258 valence electrons. The summed E-state index contributed by atoms with van der Waals surface area (Å²) in [5.74, 6) is -0.672. The van der Waals surface area contributed by atoms with Gasteiger partial charge in [-0.3, -0.25) is 9.59 Å². The molecular formula is C40H68O5. The summed E-state index contributed by atoms with van der Waals surface area (Å²) in [7, 11) is 0. The van der Waals surface area contributed by atoms with E-state index in [4.69, 9.17) is 9.47 Å². The second kappa shape index (κ2) is 36.1. The Morgan fingerprint density at radius 1 is 0.511 bits per heavy atom. The zero-order valence-corrected chi connectivity index (χ0v) is 29.1. The summed E-state index contributed by atoms with van der Waals surface area (Å²) in [6, 6.07) is 0. The Morgan fingerprint density at radius 3 is 1.47 bits per heavy atom. The van der Waals surface area contributed by atoms with E-state index in [1.807, 2.05) is 0 Å². The number of rotatable bonds is 32. The van der Waals surface area contributed by atoms with E-state index in [9.17, 15) is 14.7 Å². The van der Waals surface area contributed by atoms with Crippen molar-refractivity contribution in [1.29, 1.82) is 0 Å². The SMILES string of the molecule is CCCCC/C=C/C/C=C/C/C=C/C/C=C/CCCC(=O)O[C@@H](CO)COC(=O)CCCCCCC/C=C/CCCCCCC. The van der Waals surface area contributed by atoms with Crippen molar-refractivity contribution in [3.63, 3.8) is 0 Å². The topological polar surface area (TPSA) is 72.8 Å². The van der Waals surface area contributed by atoms with Gasteiger partial charge in [-0.2, -0.15) is 0 Å². The molecule has 0 saturated heterocycles. The van der Waals surface area contributed by atoms with E-state index >= 15 is 0 Å². The fourth-order valence-electron chi connectivity index (χ4n) is 4.72. The van der Waals surface area contributed by atoms with Gasteiger partial charge in [-0.05, 0) is 77.0 Å². The molecule has 0 spiro atoms. The smallest absolute Gasteiger partial charge is 0.306 e. The van der Waals surface area contributed by atoms with E-state index in [2.05, 4.69) is 74.6 Å². The van der Waals surface area contributed by atoms with Crippen molar-refractivity contribution in [1.82, 2.24) is 0 Å². The number of aliphatic hydroxyl groups is 1. The lowest BCUT2D eigenvalue weighted by molar-refractivity contribution is -0.161. The van der Waals surface area contributed by atoms with Crippen LogP contribution < -0.4 is 0 Å². The number of carbonyl (C=O) groups excluding carboxylic acids is 2. The van der Waals surface area contributed by atoms with Crippen molar-refractivity contribution >= 4 is 11.9 Å². The van der Waals surface area contributed by atoms with Crippen LogP contribution in [0.2, 0.25) is 0 Å². The lowest BCUT2D eigenvalue weighted by atomic mass is 10.1. The van der Waals surface area contributed by atoms with Crippen LogP contribution in [0.3, 0.4) is 0 Å². The van der Waals surface area contributed by atoms with Crippen LogP contribution in [0.15, 0.2) is 60.8 Å². The highest BCUT2D eigenvalue weighted by Gasteiger charge is 2.15. The summed E-state index contributed by atoms with van der Waals surface area (Å²) >= 11 is 0. The van der Waals surface area contributed by atoms with Gasteiger partial charge < -0.3 is 14.6 Å². The molecule has 1 N–H and O–H groups in total. The van der Waals surface area contributed by atoms with Gasteiger partial charge in [0.05, 0.1) is 6.61 Å². The number of carbonyl (C=O) groups is 2. The van der Waals surface area contributed by atoms with Gasteiger partial charge in [-0.25, -0.2) is 0 Å². The number of allylic oxidation sites excluding steroid dienone is 10. The van der Waals surface area contributed by atoms with E-state index in [1.165, 1.54) is 77.0 Å². The number of esters is 2. The summed E-state index contributed by atoms with van der Waals surface area (Å²) in [5, 5.41) is 9.52. The molecule has 0 aromatic heterocycles. The van der Waals surface area contributed by atoms with E-state index in [1.54, 1.807) is 0 Å². The van der Waals surface area contributed by atoms with Gasteiger partial charge in [0.15, 0.2) is 6.10 Å². The molecule has 0 aliphatic carbocycles. The van der Waals surface area contributed by atoms with Gasteiger partial charge in [0, 0.05) is 12.8 Å². The monoisotopic (exact) mass is 629 g/mol. The average molecular weight is 629 g/mol. The van der Waals surface area contributed by atoms with E-state index < -0.39 is 6.10 Å². The molecule has 5 heteroatoms. The highest BCUT2D eigenvalue weighted by atomic mass is 16.6. The molecule has 0 radical (unpaired) electrons. The van der Waals surface area contributed by atoms with Crippen molar-refractivity contribution in [3.8, 4) is 0 Å². The van der Waals surface area contributed by atoms with Crippen LogP contribution in [0.4, 0.5) is 0 Å². The quantitative estimate of drug-likeness (QED) is 0.0456. The van der Waals surface area contributed by atoms with Crippen LogP contribution in [0.1, 0.15) is 162 Å². The fourth-order valence-corrected chi connectivity index (χ4v) is 4.72. The molecule has 0 fully saturated rings. The Morgan fingerprint density at radius 2 is 0.911 bits per heavy atom. The fraction of sp³-hybridized carbons (Fsp3) is 0.700. The van der Waals surface area contributed by atoms with Crippen molar-refractivity contribution in [3.05, 3.63) is 60.8 Å². The summed E-state index contributed by atoms with van der Waals surface area (Å²) in [6.45, 7) is 4.03. The Balaban J connectivity index is 3.71. The number of aliphatic hydroxyl groups excluding tert-OH is 1. The zero-order valence-electron chi connectivity index (χ0n) is 29.1. The van der Waals surface area contributed by atoms with E-state index in [0.717, 1.165) is 51.4 Å². The van der Waals surface area contributed by atoms with Gasteiger partial charge in [-0.1, -0.05) is 132 Å². The molecule has 5 nitrogen and oxygen atoms in total. The molecule has 0 heterocycles. The molecule has 0 aliphatic heterocycles. The minimum absolute atomic E-state index is 0.0941. The first-order valence-electron chi connectivity index (χ1n) is 18.3. The predicted molar refractivity (Wildman–Crippen MR) is 191 cm³/mol. The summed E-state index contributed by atoms with van der Waals surface area (Å²) in [4.78, 5) is 24.2. The van der Waals surface area contributed by atoms with Gasteiger partial charge in [0.25, 0.3) is 0 Å². The second-order valence-electron chi connectivity index (χ2n) is 11.9. The van der Waals surface area contributed by atoms with Crippen LogP contribution in [0.25, 0.3) is 0 Å². The lowest BCUT2D eigenvalue weighted by Gasteiger charge is -2.15. The predicted octanol–water partition coefficient (Wildman–Crippen LogP) is 11.2. The maximum absolute atomic E-state index is 12.1. The van der Waals surface area contributed by atoms with Crippen molar-refractivity contribution in [2.45, 2.75) is 168 Å². The summed E-state index contributed by atoms with van der Waals surface area (Å²) < 4.78 is 10.5. The van der Waals surface area contributed by atoms with Gasteiger partial charge in [-0.15, -0.1) is 0 Å². The maximum atomic E-state index is 12.1. The molecule has 0 unspecified atom stereocenters. The Bertz CT molecular complexity index is 808. The second-order valence-corrected chi connectivity index (χ2v) is 11.9. The van der Waals surface area contributed by atoms with Crippen LogP contribution in [-0.4, -0.2) is 36.4 Å². The van der Waals surface area contributed by atoms with Crippen LogP contribution in [-0.2, 0) is 19.1 Å². The number of hydrogen-bond donors (Lipinski definition) is 1. The van der Waals surface area contributed by atoms with E-state index in [-0.39, 0.29) is 31.6 Å². The highest BCUT2D eigenvalue weighted by molar-refractivity contribution is 5.70. The Kier molecular flexibility index (Phi) is 34.1. The normalized spacial score (nSPS) is 12.9. The highest BCUT2D eigenvalue weighted by Crippen LogP contribution is 2.10. The Hall–Kier alpha value is -2.40. The largest absolute Gasteiger partial charge is 0.462 e. The minimum atomic E-state index is -0.803. The van der Waals surface area contributed by atoms with Crippen molar-refractivity contribution < 1.29 is 24.2 Å². The molecule has 0 aromatic carbocycles.